The van der Waals surface area contributed by atoms with Gasteiger partial charge in [0.15, 0.2) is 11.5 Å². The van der Waals surface area contributed by atoms with Crippen LogP contribution in [0.15, 0.2) is 103 Å². The van der Waals surface area contributed by atoms with E-state index in [0.29, 0.717) is 24.4 Å². The summed E-state index contributed by atoms with van der Waals surface area (Å²) in [6.07, 6.45) is 1.72. The molecular formula is C32H28N2O3. The largest absolute Gasteiger partial charge is 0.449 e. The van der Waals surface area contributed by atoms with E-state index < -0.39 is 0 Å². The number of hydrogen-bond donors (Lipinski definition) is 1. The quantitative estimate of drug-likeness (QED) is 0.329. The summed E-state index contributed by atoms with van der Waals surface area (Å²) in [5.41, 5.74) is 6.50. The zero-order valence-corrected chi connectivity index (χ0v) is 20.9. The van der Waals surface area contributed by atoms with Crippen molar-refractivity contribution in [3.63, 3.8) is 0 Å². The first-order valence-electron chi connectivity index (χ1n) is 12.3. The number of benzene rings is 4. The van der Waals surface area contributed by atoms with Gasteiger partial charge in [-0.2, -0.15) is 0 Å². The third kappa shape index (κ3) is 5.62. The van der Waals surface area contributed by atoms with E-state index in [-0.39, 0.29) is 17.6 Å². The Labute approximate surface area is 217 Å². The minimum absolute atomic E-state index is 0.150. The van der Waals surface area contributed by atoms with Crippen molar-refractivity contribution in [2.45, 2.75) is 26.9 Å². The van der Waals surface area contributed by atoms with Crippen molar-refractivity contribution in [1.82, 2.24) is 5.32 Å². The molecule has 184 valence electrons. The van der Waals surface area contributed by atoms with Gasteiger partial charge in [-0.25, -0.2) is 0 Å². The van der Waals surface area contributed by atoms with E-state index >= 15 is 0 Å². The monoisotopic (exact) mass is 488 g/mol. The number of para-hydroxylation sites is 2. The Morgan fingerprint density at radius 3 is 2.11 bits per heavy atom. The SMILES string of the molecule is Cc1ccc(CNC(=O)c2ccc(/C=C3/Oc4ccccc4N(Cc4ccc(C)cc4)C3=O)cc2)cc1. The summed E-state index contributed by atoms with van der Waals surface area (Å²) in [5.74, 6) is 0.511. The van der Waals surface area contributed by atoms with E-state index in [1.165, 1.54) is 11.1 Å². The Morgan fingerprint density at radius 2 is 1.43 bits per heavy atom. The molecule has 5 heteroatoms. The summed E-state index contributed by atoms with van der Waals surface area (Å²) < 4.78 is 6.00. The van der Waals surface area contributed by atoms with Crippen LogP contribution in [0.1, 0.15) is 38.2 Å². The van der Waals surface area contributed by atoms with Crippen molar-refractivity contribution in [1.29, 1.82) is 0 Å². The van der Waals surface area contributed by atoms with E-state index in [0.717, 1.165) is 22.4 Å². The topological polar surface area (TPSA) is 58.6 Å². The molecule has 0 aliphatic carbocycles. The lowest BCUT2D eigenvalue weighted by Gasteiger charge is -2.30. The smallest absolute Gasteiger partial charge is 0.294 e. The molecular weight excluding hydrogens is 460 g/mol. The Kier molecular flexibility index (Phi) is 6.86. The molecule has 2 amide bonds. The standard InChI is InChI=1S/C32H28N2O3/c1-22-7-11-25(12-8-22)20-33-31(35)27-17-15-24(16-18-27)19-30-32(36)34(21-26-13-9-23(2)10-14-26)28-5-3-4-6-29(28)37-30/h3-19H,20-21H2,1-2H3,(H,33,35)/b30-19+. The van der Waals surface area contributed by atoms with Crippen LogP contribution in [-0.4, -0.2) is 11.8 Å². The number of rotatable bonds is 6. The number of nitrogens with zero attached hydrogens (tertiary/aromatic N) is 1. The van der Waals surface area contributed by atoms with Gasteiger partial charge in [0.1, 0.15) is 0 Å². The number of fused-ring (bicyclic) bond motifs is 1. The van der Waals surface area contributed by atoms with Crippen LogP contribution >= 0.6 is 0 Å². The van der Waals surface area contributed by atoms with Crippen LogP contribution in [0.25, 0.3) is 6.08 Å². The number of hydrogen-bond acceptors (Lipinski definition) is 3. The Balaban J connectivity index is 1.32. The molecule has 1 aliphatic rings. The van der Waals surface area contributed by atoms with Crippen molar-refractivity contribution in [2.75, 3.05) is 4.90 Å². The highest BCUT2D eigenvalue weighted by Crippen LogP contribution is 2.36. The highest BCUT2D eigenvalue weighted by atomic mass is 16.5. The third-order valence-corrected chi connectivity index (χ3v) is 6.34. The molecule has 0 bridgehead atoms. The Hall–Kier alpha value is -4.64. The number of nitrogens with one attached hydrogen (secondary N) is 1. The molecule has 37 heavy (non-hydrogen) atoms. The molecule has 0 radical (unpaired) electrons. The lowest BCUT2D eigenvalue weighted by Crippen LogP contribution is -2.36. The fourth-order valence-corrected chi connectivity index (χ4v) is 4.17. The lowest BCUT2D eigenvalue weighted by atomic mass is 10.1. The molecule has 1 heterocycles. The van der Waals surface area contributed by atoms with Gasteiger partial charge in [-0.05, 0) is 60.9 Å². The number of carbonyl (C=O) groups excluding carboxylic acids is 2. The molecule has 0 fully saturated rings. The van der Waals surface area contributed by atoms with Crippen LogP contribution in [-0.2, 0) is 17.9 Å². The van der Waals surface area contributed by atoms with Crippen molar-refractivity contribution in [2.24, 2.45) is 0 Å². The van der Waals surface area contributed by atoms with Gasteiger partial charge in [0.2, 0.25) is 0 Å². The maximum Gasteiger partial charge on any atom is 0.294 e. The van der Waals surface area contributed by atoms with E-state index in [9.17, 15) is 9.59 Å². The molecule has 1 N–H and O–H groups in total. The van der Waals surface area contributed by atoms with E-state index in [4.69, 9.17) is 4.74 Å². The zero-order chi connectivity index (χ0) is 25.8. The summed E-state index contributed by atoms with van der Waals surface area (Å²) in [6, 6.07) is 30.9. The minimum Gasteiger partial charge on any atom is -0.449 e. The molecule has 0 unspecified atom stereocenters. The molecule has 5 rings (SSSR count). The van der Waals surface area contributed by atoms with Gasteiger partial charge in [0, 0.05) is 12.1 Å². The van der Waals surface area contributed by atoms with Gasteiger partial charge in [-0.1, -0.05) is 83.9 Å². The first kappa shape index (κ1) is 24.1. The zero-order valence-electron chi connectivity index (χ0n) is 20.9. The number of amides is 2. The van der Waals surface area contributed by atoms with Crippen molar-refractivity contribution in [3.05, 3.63) is 136 Å². The van der Waals surface area contributed by atoms with Crippen LogP contribution in [0.5, 0.6) is 5.75 Å². The second kappa shape index (κ2) is 10.5. The molecule has 4 aromatic rings. The second-order valence-electron chi connectivity index (χ2n) is 9.25. The van der Waals surface area contributed by atoms with E-state index in [1.807, 2.05) is 98.8 Å². The molecule has 0 atom stereocenters. The molecule has 0 saturated heterocycles. The second-order valence-corrected chi connectivity index (χ2v) is 9.25. The molecule has 0 aromatic heterocycles. The van der Waals surface area contributed by atoms with Crippen LogP contribution < -0.4 is 15.0 Å². The summed E-state index contributed by atoms with van der Waals surface area (Å²) in [6.45, 7) is 4.98. The first-order chi connectivity index (χ1) is 18.0. The van der Waals surface area contributed by atoms with Crippen molar-refractivity contribution < 1.29 is 14.3 Å². The van der Waals surface area contributed by atoms with Crippen molar-refractivity contribution >= 4 is 23.6 Å². The number of anilines is 1. The molecule has 0 spiro atoms. The third-order valence-electron chi connectivity index (χ3n) is 6.34. The average Bonchev–Trinajstić information content (AvgIpc) is 2.92. The van der Waals surface area contributed by atoms with Crippen LogP contribution in [0.3, 0.4) is 0 Å². The van der Waals surface area contributed by atoms with Gasteiger partial charge in [0.25, 0.3) is 11.8 Å². The number of carbonyl (C=O) groups is 2. The fraction of sp³-hybridized carbons (Fsp3) is 0.125. The van der Waals surface area contributed by atoms with E-state index in [2.05, 4.69) is 5.32 Å². The van der Waals surface area contributed by atoms with Crippen LogP contribution in [0.4, 0.5) is 5.69 Å². The lowest BCUT2D eigenvalue weighted by molar-refractivity contribution is -0.117. The summed E-state index contributed by atoms with van der Waals surface area (Å²) in [5, 5.41) is 2.95. The highest BCUT2D eigenvalue weighted by molar-refractivity contribution is 6.09. The Morgan fingerprint density at radius 1 is 0.811 bits per heavy atom. The summed E-state index contributed by atoms with van der Waals surface area (Å²) >= 11 is 0. The summed E-state index contributed by atoms with van der Waals surface area (Å²) in [7, 11) is 0. The normalized spacial score (nSPS) is 13.7. The van der Waals surface area contributed by atoms with Gasteiger partial charge >= 0.3 is 0 Å². The Bertz CT molecular complexity index is 1450. The van der Waals surface area contributed by atoms with Gasteiger partial charge in [-0.3, -0.25) is 14.5 Å². The summed E-state index contributed by atoms with van der Waals surface area (Å²) in [4.78, 5) is 27.8. The van der Waals surface area contributed by atoms with Gasteiger partial charge < -0.3 is 10.1 Å². The maximum absolute atomic E-state index is 13.4. The van der Waals surface area contributed by atoms with Gasteiger partial charge in [0.05, 0.1) is 12.2 Å². The van der Waals surface area contributed by atoms with Crippen LogP contribution in [0, 0.1) is 13.8 Å². The van der Waals surface area contributed by atoms with E-state index in [1.54, 1.807) is 23.1 Å². The number of ether oxygens (including phenoxy) is 1. The maximum atomic E-state index is 13.4. The molecule has 5 nitrogen and oxygen atoms in total. The van der Waals surface area contributed by atoms with Crippen molar-refractivity contribution in [3.8, 4) is 5.75 Å². The number of aryl methyl sites for hydroxylation is 2. The predicted molar refractivity (Wildman–Crippen MR) is 146 cm³/mol. The predicted octanol–water partition coefficient (Wildman–Crippen LogP) is 6.20. The average molecular weight is 489 g/mol. The fourth-order valence-electron chi connectivity index (χ4n) is 4.17. The molecule has 0 saturated carbocycles. The highest BCUT2D eigenvalue weighted by Gasteiger charge is 2.30. The first-order valence-corrected chi connectivity index (χ1v) is 12.3. The molecule has 1 aliphatic heterocycles. The molecule has 4 aromatic carbocycles. The minimum atomic E-state index is -0.209. The van der Waals surface area contributed by atoms with Gasteiger partial charge in [-0.15, -0.1) is 0 Å². The van der Waals surface area contributed by atoms with Crippen LogP contribution in [0.2, 0.25) is 0 Å².